The number of hydrogen-bond donors (Lipinski definition) is 2. The van der Waals surface area contributed by atoms with Crippen LogP contribution in [0.25, 0.3) is 0 Å². The average molecular weight is 421 g/mol. The molecule has 2 rings (SSSR count). The van der Waals surface area contributed by atoms with Crippen molar-refractivity contribution in [3.05, 3.63) is 71.8 Å². The molecular formula is C21H22Cl2N2O3. The molecule has 0 saturated carbocycles. The molecule has 0 radical (unpaired) electrons. The summed E-state index contributed by atoms with van der Waals surface area (Å²) in [5.74, 6) is -2.25. The van der Waals surface area contributed by atoms with E-state index in [0.29, 0.717) is 0 Å². The van der Waals surface area contributed by atoms with Crippen molar-refractivity contribution >= 4 is 40.6 Å². The van der Waals surface area contributed by atoms with Crippen LogP contribution in [0.2, 0.25) is 0 Å². The number of rotatable bonds is 10. The van der Waals surface area contributed by atoms with Crippen LogP contribution in [0, 0.1) is 0 Å². The van der Waals surface area contributed by atoms with Crippen LogP contribution in [0.3, 0.4) is 0 Å². The number of hydrogen-bond acceptors (Lipinski definition) is 5. The fourth-order valence-corrected chi connectivity index (χ4v) is 3.36. The molecule has 0 bridgehead atoms. The van der Waals surface area contributed by atoms with Crippen LogP contribution in [0.4, 0.5) is 0 Å². The molecule has 0 aliphatic heterocycles. The standard InChI is InChI=1S/C21H22Cl2N2O3/c22-17(19(26)15(24)11-13-7-3-1-4-8-13)21(28)18(23)20(27)16(25)12-14-9-5-2-6-10-14/h1-10,15-18H,11-12,24-25H2/t15-,16-,17?,18?/m0/s1. The number of benzene rings is 2. The van der Waals surface area contributed by atoms with Gasteiger partial charge in [0.15, 0.2) is 28.1 Å². The first-order chi connectivity index (χ1) is 13.3. The average Bonchev–Trinajstić information content (AvgIpc) is 2.72. The van der Waals surface area contributed by atoms with Gasteiger partial charge >= 0.3 is 0 Å². The summed E-state index contributed by atoms with van der Waals surface area (Å²) < 4.78 is 0. The van der Waals surface area contributed by atoms with Crippen LogP contribution < -0.4 is 11.5 Å². The van der Waals surface area contributed by atoms with Crippen molar-refractivity contribution in [2.24, 2.45) is 11.5 Å². The van der Waals surface area contributed by atoms with Gasteiger partial charge in [-0.1, -0.05) is 60.7 Å². The molecule has 0 fully saturated rings. The summed E-state index contributed by atoms with van der Waals surface area (Å²) in [4.78, 5) is 37.2. The Morgan fingerprint density at radius 1 is 0.643 bits per heavy atom. The van der Waals surface area contributed by atoms with Crippen LogP contribution in [0.5, 0.6) is 0 Å². The Morgan fingerprint density at radius 3 is 1.29 bits per heavy atom. The van der Waals surface area contributed by atoms with Gasteiger partial charge in [-0.05, 0) is 24.0 Å². The predicted octanol–water partition coefficient (Wildman–Crippen LogP) is 2.05. The third-order valence-corrected chi connectivity index (χ3v) is 5.19. The van der Waals surface area contributed by atoms with Crippen molar-refractivity contribution < 1.29 is 14.4 Å². The molecule has 148 valence electrons. The summed E-state index contributed by atoms with van der Waals surface area (Å²) in [6.07, 6.45) is 0.454. The summed E-state index contributed by atoms with van der Waals surface area (Å²) in [5, 5.41) is -3.21. The highest BCUT2D eigenvalue weighted by atomic mass is 35.5. The second-order valence-corrected chi connectivity index (χ2v) is 7.40. The van der Waals surface area contributed by atoms with Crippen LogP contribution in [0.15, 0.2) is 60.7 Å². The smallest absolute Gasteiger partial charge is 0.183 e. The molecule has 2 aromatic rings. The molecule has 4 N–H and O–H groups in total. The molecule has 7 heteroatoms. The highest BCUT2D eigenvalue weighted by Gasteiger charge is 2.37. The molecule has 0 aliphatic carbocycles. The van der Waals surface area contributed by atoms with Crippen molar-refractivity contribution in [1.29, 1.82) is 0 Å². The van der Waals surface area contributed by atoms with Crippen molar-refractivity contribution in [3.8, 4) is 0 Å². The third-order valence-electron chi connectivity index (χ3n) is 4.33. The number of alkyl halides is 2. The zero-order valence-electron chi connectivity index (χ0n) is 15.1. The topological polar surface area (TPSA) is 103 Å². The lowest BCUT2D eigenvalue weighted by Gasteiger charge is -2.18. The van der Waals surface area contributed by atoms with Crippen LogP contribution >= 0.6 is 23.2 Å². The summed E-state index contributed by atoms with van der Waals surface area (Å²) in [6, 6.07) is 16.2. The molecular weight excluding hydrogens is 399 g/mol. The number of ketones is 3. The number of carbonyl (C=O) groups is 3. The van der Waals surface area contributed by atoms with E-state index in [1.54, 1.807) is 0 Å². The fraction of sp³-hybridized carbons (Fsp3) is 0.286. The third kappa shape index (κ3) is 5.97. The van der Waals surface area contributed by atoms with Gasteiger partial charge in [-0.3, -0.25) is 14.4 Å². The molecule has 0 saturated heterocycles. The Morgan fingerprint density at radius 2 is 0.964 bits per heavy atom. The van der Waals surface area contributed by atoms with Gasteiger partial charge < -0.3 is 11.5 Å². The van der Waals surface area contributed by atoms with Crippen molar-refractivity contribution in [2.45, 2.75) is 35.7 Å². The first-order valence-corrected chi connectivity index (χ1v) is 9.67. The molecule has 0 spiro atoms. The lowest BCUT2D eigenvalue weighted by molar-refractivity contribution is -0.130. The number of nitrogens with two attached hydrogens (primary N) is 2. The zero-order valence-corrected chi connectivity index (χ0v) is 16.6. The van der Waals surface area contributed by atoms with E-state index in [-0.39, 0.29) is 12.8 Å². The summed E-state index contributed by atoms with van der Waals surface area (Å²) in [6.45, 7) is 0. The molecule has 4 atom stereocenters. The number of carbonyl (C=O) groups excluding carboxylic acids is 3. The van der Waals surface area contributed by atoms with E-state index in [9.17, 15) is 14.4 Å². The number of halogens is 2. The lowest BCUT2D eigenvalue weighted by Crippen LogP contribution is -2.48. The predicted molar refractivity (Wildman–Crippen MR) is 111 cm³/mol. The maximum absolute atomic E-state index is 12.4. The molecule has 0 heterocycles. The monoisotopic (exact) mass is 420 g/mol. The molecule has 2 unspecified atom stereocenters. The maximum Gasteiger partial charge on any atom is 0.183 e. The Bertz CT molecular complexity index is 747. The van der Waals surface area contributed by atoms with E-state index in [0.717, 1.165) is 11.1 Å². The van der Waals surface area contributed by atoms with E-state index in [1.165, 1.54) is 0 Å². The Labute approximate surface area is 174 Å². The van der Waals surface area contributed by atoms with E-state index < -0.39 is 40.2 Å². The van der Waals surface area contributed by atoms with Gasteiger partial charge in [-0.15, -0.1) is 23.2 Å². The molecule has 5 nitrogen and oxygen atoms in total. The van der Waals surface area contributed by atoms with Gasteiger partial charge in [0.1, 0.15) is 0 Å². The van der Waals surface area contributed by atoms with Crippen molar-refractivity contribution in [1.82, 2.24) is 0 Å². The van der Waals surface area contributed by atoms with Crippen LogP contribution in [-0.2, 0) is 27.2 Å². The van der Waals surface area contributed by atoms with Gasteiger partial charge in [-0.25, -0.2) is 0 Å². The molecule has 2 aromatic carbocycles. The van der Waals surface area contributed by atoms with Crippen molar-refractivity contribution in [3.63, 3.8) is 0 Å². The Hall–Kier alpha value is -2.05. The maximum atomic E-state index is 12.4. The largest absolute Gasteiger partial charge is 0.321 e. The van der Waals surface area contributed by atoms with Gasteiger partial charge in [0.05, 0.1) is 12.1 Å². The lowest BCUT2D eigenvalue weighted by atomic mass is 9.95. The first kappa shape index (κ1) is 22.2. The van der Waals surface area contributed by atoms with Crippen LogP contribution in [0.1, 0.15) is 11.1 Å². The second kappa shape index (κ2) is 10.5. The van der Waals surface area contributed by atoms with Gasteiger partial charge in [0.25, 0.3) is 0 Å². The minimum Gasteiger partial charge on any atom is -0.321 e. The SMILES string of the molecule is N[C@@H](Cc1ccccc1)C(=O)C(Cl)C(=O)C(Cl)C(=O)[C@@H](N)Cc1ccccc1. The van der Waals surface area contributed by atoms with E-state index >= 15 is 0 Å². The molecule has 0 aliphatic rings. The summed E-state index contributed by atoms with van der Waals surface area (Å²) in [7, 11) is 0. The summed E-state index contributed by atoms with van der Waals surface area (Å²) >= 11 is 12.0. The molecule has 0 aromatic heterocycles. The van der Waals surface area contributed by atoms with Crippen LogP contribution in [-0.4, -0.2) is 40.2 Å². The second-order valence-electron chi connectivity index (χ2n) is 6.52. The Kier molecular flexibility index (Phi) is 8.33. The number of Topliss-reactive ketones (excluding diaryl/α,β-unsaturated/α-hetero) is 3. The highest BCUT2D eigenvalue weighted by Crippen LogP contribution is 2.15. The van der Waals surface area contributed by atoms with E-state index in [2.05, 4.69) is 0 Å². The van der Waals surface area contributed by atoms with Gasteiger partial charge in [-0.2, -0.15) is 0 Å². The Balaban J connectivity index is 1.96. The zero-order chi connectivity index (χ0) is 20.7. The fourth-order valence-electron chi connectivity index (χ4n) is 2.72. The first-order valence-electron chi connectivity index (χ1n) is 8.79. The normalized spacial score (nSPS) is 15.3. The van der Waals surface area contributed by atoms with Gasteiger partial charge in [0, 0.05) is 0 Å². The van der Waals surface area contributed by atoms with Gasteiger partial charge in [0.2, 0.25) is 0 Å². The van der Waals surface area contributed by atoms with E-state index in [4.69, 9.17) is 34.7 Å². The minimum atomic E-state index is -1.60. The molecule has 28 heavy (non-hydrogen) atoms. The quantitative estimate of drug-likeness (QED) is 0.452. The van der Waals surface area contributed by atoms with E-state index in [1.807, 2.05) is 60.7 Å². The van der Waals surface area contributed by atoms with Crippen molar-refractivity contribution in [2.75, 3.05) is 0 Å². The minimum absolute atomic E-state index is 0.227. The summed E-state index contributed by atoms with van der Waals surface area (Å²) in [5.41, 5.74) is 13.4. The molecule has 0 amide bonds. The highest BCUT2D eigenvalue weighted by molar-refractivity contribution is 6.52.